The van der Waals surface area contributed by atoms with Gasteiger partial charge >= 0.3 is 0 Å². The van der Waals surface area contributed by atoms with Gasteiger partial charge in [0.1, 0.15) is 0 Å². The Morgan fingerprint density at radius 1 is 1.45 bits per heavy atom. The molecule has 0 saturated heterocycles. The quantitative estimate of drug-likeness (QED) is 0.541. The Morgan fingerprint density at radius 2 is 2.27 bits per heavy atom. The van der Waals surface area contributed by atoms with E-state index in [4.69, 9.17) is 0 Å². The minimum absolute atomic E-state index is 0.805. The lowest BCUT2D eigenvalue weighted by atomic mass is 10.2. The molecule has 0 unspecified atom stereocenters. The molecule has 0 bridgehead atoms. The number of hydrazine groups is 1. The maximum Gasteiger partial charge on any atom is 0.0345 e. The molecule has 0 aromatic carbocycles. The molecular formula is C9H14N2. The van der Waals surface area contributed by atoms with Crippen molar-refractivity contribution in [2.75, 3.05) is 13.1 Å². The molecule has 0 aromatic rings. The summed E-state index contributed by atoms with van der Waals surface area (Å²) in [6.07, 6.45) is 6.25. The first-order chi connectivity index (χ1) is 5.29. The van der Waals surface area contributed by atoms with E-state index in [-0.39, 0.29) is 0 Å². The first kappa shape index (κ1) is 8.24. The zero-order valence-corrected chi connectivity index (χ0v) is 6.85. The van der Waals surface area contributed by atoms with E-state index in [9.17, 15) is 0 Å². The Balaban J connectivity index is 2.64. The fourth-order valence-electron chi connectivity index (χ4n) is 0.973. The molecule has 2 nitrogen and oxygen atoms in total. The smallest absolute Gasteiger partial charge is 0.0345 e. The van der Waals surface area contributed by atoms with Crippen LogP contribution in [-0.4, -0.2) is 13.1 Å². The lowest BCUT2D eigenvalue weighted by Gasteiger charge is -2.02. The second-order valence-corrected chi connectivity index (χ2v) is 2.68. The molecule has 1 rings (SSSR count). The minimum atomic E-state index is 0.805. The van der Waals surface area contributed by atoms with Gasteiger partial charge in [0.05, 0.1) is 0 Å². The van der Waals surface area contributed by atoms with Crippen molar-refractivity contribution in [2.45, 2.75) is 6.92 Å². The molecule has 0 saturated carbocycles. The van der Waals surface area contributed by atoms with Crippen LogP contribution in [0.3, 0.4) is 0 Å². The second kappa shape index (κ2) is 4.11. The normalized spacial score (nSPS) is 27.7. The van der Waals surface area contributed by atoms with Crippen LogP contribution < -0.4 is 10.9 Å². The molecule has 1 aliphatic rings. The van der Waals surface area contributed by atoms with Crippen LogP contribution >= 0.6 is 0 Å². The lowest BCUT2D eigenvalue weighted by molar-refractivity contribution is 0.605. The summed E-state index contributed by atoms with van der Waals surface area (Å²) in [4.78, 5) is 0. The average Bonchev–Trinajstić information content (AvgIpc) is 2.02. The summed E-state index contributed by atoms with van der Waals surface area (Å²) >= 11 is 0. The summed E-state index contributed by atoms with van der Waals surface area (Å²) in [7, 11) is 0. The van der Waals surface area contributed by atoms with E-state index < -0.39 is 0 Å². The summed E-state index contributed by atoms with van der Waals surface area (Å²) in [5.74, 6) is 0. The number of allylic oxidation sites excluding steroid dienone is 2. The predicted octanol–water partition coefficient (Wildman–Crippen LogP) is 1.15. The van der Waals surface area contributed by atoms with Crippen LogP contribution in [-0.2, 0) is 0 Å². The standard InChI is InChI=1S/C9H14N2/c1-8-4-3-5-10-11-7-9(2)6-8/h3-4,6,10-11H,2,5,7H2,1H3/b4-3-,8-6-. The number of hydrogen-bond donors (Lipinski definition) is 2. The molecule has 0 aromatic heterocycles. The number of hydrogen-bond acceptors (Lipinski definition) is 2. The Kier molecular flexibility index (Phi) is 3.08. The van der Waals surface area contributed by atoms with Crippen LogP contribution in [0.15, 0.2) is 36.0 Å². The van der Waals surface area contributed by atoms with Gasteiger partial charge in [-0.3, -0.25) is 10.9 Å². The molecular weight excluding hydrogens is 136 g/mol. The van der Waals surface area contributed by atoms with Crippen LogP contribution in [0.2, 0.25) is 0 Å². The van der Waals surface area contributed by atoms with Crippen molar-refractivity contribution in [2.24, 2.45) is 0 Å². The van der Waals surface area contributed by atoms with Gasteiger partial charge in [-0.2, -0.15) is 0 Å². The Morgan fingerprint density at radius 3 is 3.09 bits per heavy atom. The van der Waals surface area contributed by atoms with Gasteiger partial charge in [-0.15, -0.1) is 0 Å². The van der Waals surface area contributed by atoms with E-state index in [1.165, 1.54) is 5.57 Å². The molecule has 0 spiro atoms. The molecule has 0 fully saturated rings. The van der Waals surface area contributed by atoms with E-state index in [1.807, 2.05) is 0 Å². The van der Waals surface area contributed by atoms with Gasteiger partial charge in [-0.25, -0.2) is 0 Å². The molecule has 11 heavy (non-hydrogen) atoms. The highest BCUT2D eigenvalue weighted by Crippen LogP contribution is 2.01. The SMILES string of the molecule is C=C1/C=C(C)\C=C/CNNC1. The highest BCUT2D eigenvalue weighted by Gasteiger charge is 1.91. The Labute approximate surface area is 67.7 Å². The third-order valence-electron chi connectivity index (χ3n) is 1.47. The lowest BCUT2D eigenvalue weighted by Crippen LogP contribution is -2.32. The summed E-state index contributed by atoms with van der Waals surface area (Å²) < 4.78 is 0. The fourth-order valence-corrected chi connectivity index (χ4v) is 0.973. The van der Waals surface area contributed by atoms with Crippen LogP contribution in [0.1, 0.15) is 6.92 Å². The van der Waals surface area contributed by atoms with Crippen molar-refractivity contribution in [3.05, 3.63) is 36.0 Å². The van der Waals surface area contributed by atoms with Gasteiger partial charge in [0.15, 0.2) is 0 Å². The first-order valence-corrected chi connectivity index (χ1v) is 3.77. The average molecular weight is 150 g/mol. The fraction of sp³-hybridized carbons (Fsp3) is 0.333. The van der Waals surface area contributed by atoms with Crippen LogP contribution in [0.4, 0.5) is 0 Å². The van der Waals surface area contributed by atoms with Crippen molar-refractivity contribution >= 4 is 0 Å². The van der Waals surface area contributed by atoms with Gasteiger partial charge in [0, 0.05) is 13.1 Å². The van der Waals surface area contributed by atoms with Crippen molar-refractivity contribution < 1.29 is 0 Å². The monoisotopic (exact) mass is 150 g/mol. The van der Waals surface area contributed by atoms with Crippen molar-refractivity contribution in [3.8, 4) is 0 Å². The first-order valence-electron chi connectivity index (χ1n) is 3.77. The predicted molar refractivity (Wildman–Crippen MR) is 48.0 cm³/mol. The van der Waals surface area contributed by atoms with Crippen LogP contribution in [0, 0.1) is 0 Å². The number of nitrogens with one attached hydrogen (secondary N) is 2. The van der Waals surface area contributed by atoms with Gasteiger partial charge in [0.25, 0.3) is 0 Å². The molecule has 0 radical (unpaired) electrons. The van der Waals surface area contributed by atoms with Crippen LogP contribution in [0.25, 0.3) is 0 Å². The summed E-state index contributed by atoms with van der Waals surface area (Å²) in [5.41, 5.74) is 8.45. The molecule has 0 aliphatic carbocycles. The van der Waals surface area contributed by atoms with Crippen molar-refractivity contribution in [3.63, 3.8) is 0 Å². The van der Waals surface area contributed by atoms with Crippen molar-refractivity contribution in [1.82, 2.24) is 10.9 Å². The third kappa shape index (κ3) is 3.16. The summed E-state index contributed by atoms with van der Waals surface area (Å²) in [6, 6.07) is 0. The zero-order valence-electron chi connectivity index (χ0n) is 6.85. The molecule has 60 valence electrons. The highest BCUT2D eigenvalue weighted by atomic mass is 15.3. The molecule has 0 atom stereocenters. The molecule has 0 amide bonds. The Bertz CT molecular complexity index is 202. The second-order valence-electron chi connectivity index (χ2n) is 2.68. The zero-order chi connectivity index (χ0) is 8.10. The topological polar surface area (TPSA) is 24.1 Å². The van der Waals surface area contributed by atoms with Crippen LogP contribution in [0.5, 0.6) is 0 Å². The maximum absolute atomic E-state index is 3.90. The summed E-state index contributed by atoms with van der Waals surface area (Å²) in [6.45, 7) is 7.64. The van der Waals surface area contributed by atoms with E-state index >= 15 is 0 Å². The van der Waals surface area contributed by atoms with Gasteiger partial charge < -0.3 is 0 Å². The maximum atomic E-state index is 3.90. The van der Waals surface area contributed by atoms with E-state index in [0.717, 1.165) is 18.7 Å². The van der Waals surface area contributed by atoms with Gasteiger partial charge in [0.2, 0.25) is 0 Å². The number of rotatable bonds is 0. The van der Waals surface area contributed by atoms with E-state index in [1.54, 1.807) is 0 Å². The van der Waals surface area contributed by atoms with E-state index in [0.29, 0.717) is 0 Å². The third-order valence-corrected chi connectivity index (χ3v) is 1.47. The largest absolute Gasteiger partial charge is 0.254 e. The Hall–Kier alpha value is -0.860. The van der Waals surface area contributed by atoms with Gasteiger partial charge in [-0.05, 0) is 12.5 Å². The van der Waals surface area contributed by atoms with Crippen molar-refractivity contribution in [1.29, 1.82) is 0 Å². The summed E-state index contributed by atoms with van der Waals surface area (Å²) in [5, 5.41) is 0. The molecule has 1 heterocycles. The molecule has 1 aliphatic heterocycles. The minimum Gasteiger partial charge on any atom is -0.254 e. The molecule has 2 heteroatoms. The van der Waals surface area contributed by atoms with Gasteiger partial charge in [-0.1, -0.05) is 30.4 Å². The molecule has 2 N–H and O–H groups in total. The highest BCUT2D eigenvalue weighted by molar-refractivity contribution is 5.28. The van der Waals surface area contributed by atoms with E-state index in [2.05, 4.69) is 42.6 Å².